The van der Waals surface area contributed by atoms with Gasteiger partial charge in [-0.3, -0.25) is 0 Å². The fourth-order valence-electron chi connectivity index (χ4n) is 1.82. The van der Waals surface area contributed by atoms with Crippen LogP contribution in [0.4, 0.5) is 0 Å². The average molecular weight is 340 g/mol. The van der Waals surface area contributed by atoms with Crippen LogP contribution in [0.5, 0.6) is 0 Å². The first-order valence-corrected chi connectivity index (χ1v) is 7.53. The van der Waals surface area contributed by atoms with Crippen molar-refractivity contribution in [3.63, 3.8) is 0 Å². The molecule has 0 aliphatic rings. The Bertz CT molecular complexity index is 582. The lowest BCUT2D eigenvalue weighted by atomic mass is 10.1. The molecule has 1 aromatic heterocycles. The van der Waals surface area contributed by atoms with E-state index in [1.165, 1.54) is 16.9 Å². The molecule has 1 heterocycles. The second-order valence-electron chi connectivity index (χ2n) is 4.24. The van der Waals surface area contributed by atoms with Crippen molar-refractivity contribution in [1.29, 1.82) is 0 Å². The fourth-order valence-corrected chi connectivity index (χ4v) is 3.00. The predicted octanol–water partition coefficient (Wildman–Crippen LogP) is 4.06. The van der Waals surface area contributed by atoms with Gasteiger partial charge in [0.05, 0.1) is 0 Å². The number of carboxylic acids is 1. The van der Waals surface area contributed by atoms with E-state index in [2.05, 4.69) is 34.2 Å². The van der Waals surface area contributed by atoms with Gasteiger partial charge in [0.2, 0.25) is 0 Å². The van der Waals surface area contributed by atoms with Crippen LogP contribution in [0.25, 0.3) is 0 Å². The third-order valence-corrected chi connectivity index (χ3v) is 4.33. The molecule has 1 aromatic carbocycles. The van der Waals surface area contributed by atoms with Crippen LogP contribution in [0.2, 0.25) is 0 Å². The zero-order valence-electron chi connectivity index (χ0n) is 10.4. The monoisotopic (exact) mass is 339 g/mol. The largest absolute Gasteiger partial charge is 0.477 e. The summed E-state index contributed by atoms with van der Waals surface area (Å²) >= 11 is 4.71. The van der Waals surface area contributed by atoms with Crippen LogP contribution in [0, 0.1) is 0 Å². The van der Waals surface area contributed by atoms with Gasteiger partial charge in [-0.05, 0) is 41.6 Å². The maximum absolute atomic E-state index is 11.0. The smallest absolute Gasteiger partial charge is 0.346 e. The third kappa shape index (κ3) is 3.65. The summed E-state index contributed by atoms with van der Waals surface area (Å²) in [5, 5.41) is 14.2. The number of thiophene rings is 1. The van der Waals surface area contributed by atoms with Crippen LogP contribution in [0.15, 0.2) is 40.2 Å². The van der Waals surface area contributed by atoms with E-state index in [4.69, 9.17) is 5.11 Å². The van der Waals surface area contributed by atoms with Crippen molar-refractivity contribution in [2.75, 3.05) is 0 Å². The number of hydrogen-bond acceptors (Lipinski definition) is 3. The molecule has 0 fully saturated rings. The van der Waals surface area contributed by atoms with Crippen molar-refractivity contribution in [2.24, 2.45) is 0 Å². The number of aromatic carboxylic acids is 1. The van der Waals surface area contributed by atoms with E-state index in [1.54, 1.807) is 0 Å². The van der Waals surface area contributed by atoms with Gasteiger partial charge in [-0.15, -0.1) is 11.3 Å². The Balaban J connectivity index is 2.02. The number of rotatable bonds is 5. The van der Waals surface area contributed by atoms with E-state index in [0.717, 1.165) is 10.0 Å². The maximum Gasteiger partial charge on any atom is 0.346 e. The minimum atomic E-state index is -0.859. The molecule has 0 bridgehead atoms. The van der Waals surface area contributed by atoms with E-state index in [1.807, 2.05) is 29.6 Å². The van der Waals surface area contributed by atoms with Gasteiger partial charge in [-0.1, -0.05) is 28.1 Å². The van der Waals surface area contributed by atoms with Crippen LogP contribution in [-0.4, -0.2) is 11.1 Å². The summed E-state index contributed by atoms with van der Waals surface area (Å²) in [7, 11) is 0. The molecule has 3 nitrogen and oxygen atoms in total. The molecule has 2 rings (SSSR count). The summed E-state index contributed by atoms with van der Waals surface area (Å²) < 4.78 is 1.04. The minimum Gasteiger partial charge on any atom is -0.477 e. The van der Waals surface area contributed by atoms with Gasteiger partial charge in [0, 0.05) is 17.1 Å². The molecule has 0 saturated heterocycles. The number of carboxylic acid groups (broad SMARTS) is 1. The topological polar surface area (TPSA) is 49.3 Å². The van der Waals surface area contributed by atoms with Crippen molar-refractivity contribution in [1.82, 2.24) is 5.32 Å². The van der Waals surface area contributed by atoms with Gasteiger partial charge in [-0.25, -0.2) is 4.79 Å². The van der Waals surface area contributed by atoms with E-state index < -0.39 is 5.97 Å². The molecule has 0 amide bonds. The lowest BCUT2D eigenvalue weighted by molar-refractivity contribution is 0.0701. The lowest BCUT2D eigenvalue weighted by Gasteiger charge is -2.14. The number of nitrogens with one attached hydrogen (secondary N) is 1. The first-order valence-electron chi connectivity index (χ1n) is 5.86. The third-order valence-electron chi connectivity index (χ3n) is 2.89. The number of hydrogen-bond donors (Lipinski definition) is 2. The fraction of sp³-hybridized carbons (Fsp3) is 0.214. The predicted molar refractivity (Wildman–Crippen MR) is 80.7 cm³/mol. The quantitative estimate of drug-likeness (QED) is 0.863. The normalized spacial score (nSPS) is 12.3. The molecule has 2 N–H and O–H groups in total. The molecular formula is C14H14BrNO2S. The molecule has 0 aliphatic heterocycles. The highest BCUT2D eigenvalue weighted by molar-refractivity contribution is 9.10. The first-order chi connectivity index (χ1) is 9.08. The highest BCUT2D eigenvalue weighted by Gasteiger charge is 2.12. The molecule has 1 atom stereocenters. The van der Waals surface area contributed by atoms with Gasteiger partial charge < -0.3 is 10.4 Å². The van der Waals surface area contributed by atoms with Gasteiger partial charge >= 0.3 is 5.97 Å². The van der Waals surface area contributed by atoms with Crippen molar-refractivity contribution < 1.29 is 9.90 Å². The van der Waals surface area contributed by atoms with Crippen molar-refractivity contribution in [2.45, 2.75) is 19.5 Å². The summed E-state index contributed by atoms with van der Waals surface area (Å²) in [5.41, 5.74) is 2.00. The summed E-state index contributed by atoms with van der Waals surface area (Å²) in [5.74, 6) is -0.859. The molecule has 19 heavy (non-hydrogen) atoms. The molecule has 2 aromatic rings. The first kappa shape index (κ1) is 14.2. The Morgan fingerprint density at radius 1 is 1.47 bits per heavy atom. The summed E-state index contributed by atoms with van der Waals surface area (Å²) in [6.45, 7) is 2.62. The van der Waals surface area contributed by atoms with Gasteiger partial charge in [-0.2, -0.15) is 0 Å². The van der Waals surface area contributed by atoms with Crippen LogP contribution in [0.3, 0.4) is 0 Å². The highest BCUT2D eigenvalue weighted by atomic mass is 79.9. The average Bonchev–Trinajstić information content (AvgIpc) is 2.84. The zero-order valence-corrected chi connectivity index (χ0v) is 12.8. The standard InChI is InChI=1S/C14H14BrNO2S/c1-9(10-3-2-4-12(15)7-10)16-8-11-5-6-19-13(11)14(17)18/h2-7,9,16H,8H2,1H3,(H,17,18)/t9-/m0/s1. The minimum absolute atomic E-state index is 0.166. The number of benzene rings is 1. The molecule has 100 valence electrons. The van der Waals surface area contributed by atoms with Gasteiger partial charge in [0.15, 0.2) is 0 Å². The number of carbonyl (C=O) groups is 1. The van der Waals surface area contributed by atoms with Gasteiger partial charge in [0.1, 0.15) is 4.88 Å². The second kappa shape index (κ2) is 6.32. The molecule has 0 spiro atoms. The Hall–Kier alpha value is -1.17. The second-order valence-corrected chi connectivity index (χ2v) is 6.07. The zero-order chi connectivity index (χ0) is 13.8. The van der Waals surface area contributed by atoms with E-state index in [9.17, 15) is 4.79 Å². The Kier molecular flexibility index (Phi) is 4.74. The molecule has 0 saturated carbocycles. The van der Waals surface area contributed by atoms with E-state index in [0.29, 0.717) is 11.4 Å². The molecule has 0 radical (unpaired) electrons. The Labute approximate surface area is 124 Å². The van der Waals surface area contributed by atoms with Crippen molar-refractivity contribution in [3.8, 4) is 0 Å². The Morgan fingerprint density at radius 3 is 2.95 bits per heavy atom. The van der Waals surface area contributed by atoms with Crippen molar-refractivity contribution in [3.05, 3.63) is 56.2 Å². The van der Waals surface area contributed by atoms with E-state index in [-0.39, 0.29) is 6.04 Å². The molecule has 5 heteroatoms. The maximum atomic E-state index is 11.0. The highest BCUT2D eigenvalue weighted by Crippen LogP contribution is 2.20. The lowest BCUT2D eigenvalue weighted by Crippen LogP contribution is -2.18. The summed E-state index contributed by atoms with van der Waals surface area (Å²) in [6.07, 6.45) is 0. The summed E-state index contributed by atoms with van der Waals surface area (Å²) in [6, 6.07) is 10.1. The van der Waals surface area contributed by atoms with Crippen LogP contribution in [0.1, 0.15) is 33.8 Å². The van der Waals surface area contributed by atoms with E-state index >= 15 is 0 Å². The Morgan fingerprint density at radius 2 is 2.26 bits per heavy atom. The molecule has 0 aliphatic carbocycles. The van der Waals surface area contributed by atoms with Crippen LogP contribution >= 0.6 is 27.3 Å². The van der Waals surface area contributed by atoms with Crippen LogP contribution in [-0.2, 0) is 6.54 Å². The SMILES string of the molecule is C[C@H](NCc1ccsc1C(=O)O)c1cccc(Br)c1. The molecule has 0 unspecified atom stereocenters. The molecular weight excluding hydrogens is 326 g/mol. The van der Waals surface area contributed by atoms with Gasteiger partial charge in [0.25, 0.3) is 0 Å². The number of halogens is 1. The van der Waals surface area contributed by atoms with Crippen molar-refractivity contribution >= 4 is 33.2 Å². The van der Waals surface area contributed by atoms with Crippen LogP contribution < -0.4 is 5.32 Å². The summed E-state index contributed by atoms with van der Waals surface area (Å²) in [4.78, 5) is 11.4.